The van der Waals surface area contributed by atoms with E-state index in [4.69, 9.17) is 0 Å². The molecule has 5 nitrogen and oxygen atoms in total. The van der Waals surface area contributed by atoms with Crippen LogP contribution < -0.4 is 10.2 Å². The second kappa shape index (κ2) is 8.07. The average molecular weight is 398 g/mol. The van der Waals surface area contributed by atoms with Gasteiger partial charge in [0.25, 0.3) is 0 Å². The molecule has 0 saturated heterocycles. The highest BCUT2D eigenvalue weighted by Crippen LogP contribution is 2.25. The van der Waals surface area contributed by atoms with E-state index in [1.54, 1.807) is 0 Å². The maximum atomic E-state index is 4.56. The lowest BCUT2D eigenvalue weighted by Crippen LogP contribution is -2.22. The van der Waals surface area contributed by atoms with Crippen LogP contribution in [0.1, 0.15) is 11.4 Å². The van der Waals surface area contributed by atoms with Crippen molar-refractivity contribution >= 4 is 33.3 Å². The van der Waals surface area contributed by atoms with E-state index in [2.05, 4.69) is 41.1 Å². The summed E-state index contributed by atoms with van der Waals surface area (Å²) in [4.78, 5) is 15.2. The van der Waals surface area contributed by atoms with E-state index < -0.39 is 0 Å². The van der Waals surface area contributed by atoms with Crippen LogP contribution in [0.15, 0.2) is 59.3 Å². The number of aromatic nitrogens is 3. The Morgan fingerprint density at radius 3 is 2.60 bits per heavy atom. The van der Waals surface area contributed by atoms with Crippen LogP contribution in [0, 0.1) is 6.92 Å². The fourth-order valence-electron chi connectivity index (χ4n) is 2.47. The first-order valence-corrected chi connectivity index (χ1v) is 8.88. The van der Waals surface area contributed by atoms with Crippen molar-refractivity contribution < 1.29 is 0 Å². The Bertz CT molecular complexity index is 838. The first-order chi connectivity index (χ1) is 12.1. The molecule has 0 fully saturated rings. The Morgan fingerprint density at radius 2 is 1.84 bits per heavy atom. The fraction of sp³-hybridized carbons (Fsp3) is 0.211. The predicted octanol–water partition coefficient (Wildman–Crippen LogP) is 4.37. The minimum atomic E-state index is 0.739. The molecule has 0 aliphatic heterocycles. The first kappa shape index (κ1) is 17.4. The molecule has 0 aliphatic rings. The molecule has 128 valence electrons. The molecule has 3 rings (SSSR count). The molecule has 2 aromatic heterocycles. The highest BCUT2D eigenvalue weighted by atomic mass is 79.9. The number of nitrogens with zero attached hydrogens (tertiary/aromatic N) is 4. The molecule has 0 radical (unpaired) electrons. The smallest absolute Gasteiger partial charge is 0.136 e. The molecule has 6 heteroatoms. The Labute approximate surface area is 156 Å². The molecule has 2 heterocycles. The van der Waals surface area contributed by atoms with Gasteiger partial charge in [-0.25, -0.2) is 9.97 Å². The summed E-state index contributed by atoms with van der Waals surface area (Å²) in [7, 11) is 2.05. The van der Waals surface area contributed by atoms with E-state index in [1.165, 1.54) is 5.56 Å². The van der Waals surface area contributed by atoms with Crippen LogP contribution >= 0.6 is 15.9 Å². The normalized spacial score (nSPS) is 10.5. The average Bonchev–Trinajstić information content (AvgIpc) is 2.62. The van der Waals surface area contributed by atoms with Crippen LogP contribution in [0.4, 0.5) is 17.3 Å². The summed E-state index contributed by atoms with van der Waals surface area (Å²) >= 11 is 3.55. The number of hydrogen-bond acceptors (Lipinski definition) is 5. The molecule has 0 bridgehead atoms. The second-order valence-corrected chi connectivity index (χ2v) is 6.64. The Kier molecular flexibility index (Phi) is 5.60. The minimum absolute atomic E-state index is 0.739. The molecule has 1 N–H and O–H groups in total. The lowest BCUT2D eigenvalue weighted by Gasteiger charge is -2.19. The number of rotatable bonds is 6. The molecular weight excluding hydrogens is 378 g/mol. The van der Waals surface area contributed by atoms with Gasteiger partial charge >= 0.3 is 0 Å². The van der Waals surface area contributed by atoms with Gasteiger partial charge in [0.15, 0.2) is 0 Å². The zero-order chi connectivity index (χ0) is 17.6. The molecule has 0 amide bonds. The van der Waals surface area contributed by atoms with Crippen molar-refractivity contribution in [3.8, 4) is 0 Å². The number of benzene rings is 1. The topological polar surface area (TPSA) is 53.9 Å². The maximum absolute atomic E-state index is 4.56. The number of likely N-dealkylation sites (N-methyl/N-ethyl adjacent to an activating group) is 1. The number of halogens is 1. The van der Waals surface area contributed by atoms with E-state index in [1.807, 2.05) is 68.8 Å². The summed E-state index contributed by atoms with van der Waals surface area (Å²) < 4.78 is 0.999. The van der Waals surface area contributed by atoms with Gasteiger partial charge in [-0.05, 0) is 59.1 Å². The van der Waals surface area contributed by atoms with Crippen molar-refractivity contribution in [2.45, 2.75) is 13.3 Å². The van der Waals surface area contributed by atoms with E-state index >= 15 is 0 Å². The molecule has 1 aromatic carbocycles. The van der Waals surface area contributed by atoms with Crippen molar-refractivity contribution in [1.29, 1.82) is 0 Å². The van der Waals surface area contributed by atoms with Gasteiger partial charge < -0.3 is 10.2 Å². The summed E-state index contributed by atoms with van der Waals surface area (Å²) in [5.41, 5.74) is 2.24. The van der Waals surface area contributed by atoms with Gasteiger partial charge in [-0.2, -0.15) is 0 Å². The standard InChI is InChI=1S/C19H20BrN5/c1-14-22-18(24-17-6-4-3-5-16(17)20)13-19(23-14)25(2)12-9-15-7-10-21-11-8-15/h3-8,10-11,13H,9,12H2,1-2H3,(H,22,23,24). The summed E-state index contributed by atoms with van der Waals surface area (Å²) in [5.74, 6) is 2.42. The minimum Gasteiger partial charge on any atom is -0.359 e. The van der Waals surface area contributed by atoms with Gasteiger partial charge in [-0.15, -0.1) is 0 Å². The number of para-hydroxylation sites is 1. The van der Waals surface area contributed by atoms with E-state index in [-0.39, 0.29) is 0 Å². The van der Waals surface area contributed by atoms with Gasteiger partial charge in [0.1, 0.15) is 17.5 Å². The first-order valence-electron chi connectivity index (χ1n) is 8.09. The third kappa shape index (κ3) is 4.76. The van der Waals surface area contributed by atoms with Crippen LogP contribution in [0.2, 0.25) is 0 Å². The number of aryl methyl sites for hydroxylation is 1. The number of anilines is 3. The van der Waals surface area contributed by atoms with Crippen molar-refractivity contribution in [3.63, 3.8) is 0 Å². The summed E-state index contributed by atoms with van der Waals surface area (Å²) in [6.45, 7) is 2.78. The largest absolute Gasteiger partial charge is 0.359 e. The quantitative estimate of drug-likeness (QED) is 0.669. The zero-order valence-corrected chi connectivity index (χ0v) is 15.9. The van der Waals surface area contributed by atoms with Crippen molar-refractivity contribution in [2.75, 3.05) is 23.8 Å². The van der Waals surface area contributed by atoms with Gasteiger partial charge in [-0.1, -0.05) is 12.1 Å². The number of nitrogens with one attached hydrogen (secondary N) is 1. The van der Waals surface area contributed by atoms with Crippen LogP contribution in [0.3, 0.4) is 0 Å². The SMILES string of the molecule is Cc1nc(Nc2ccccc2Br)cc(N(C)CCc2ccncc2)n1. The maximum Gasteiger partial charge on any atom is 0.136 e. The van der Waals surface area contributed by atoms with Gasteiger partial charge in [0.05, 0.1) is 5.69 Å². The summed E-state index contributed by atoms with van der Waals surface area (Å²) in [6, 6.07) is 14.0. The van der Waals surface area contributed by atoms with E-state index in [0.717, 1.165) is 40.6 Å². The second-order valence-electron chi connectivity index (χ2n) is 5.79. The summed E-state index contributed by atoms with van der Waals surface area (Å²) in [5, 5.41) is 3.35. The zero-order valence-electron chi connectivity index (χ0n) is 14.3. The van der Waals surface area contributed by atoms with Gasteiger partial charge in [-0.3, -0.25) is 4.98 Å². The third-order valence-electron chi connectivity index (χ3n) is 3.84. The third-order valence-corrected chi connectivity index (χ3v) is 4.53. The highest BCUT2D eigenvalue weighted by Gasteiger charge is 2.08. The lowest BCUT2D eigenvalue weighted by atomic mass is 10.2. The highest BCUT2D eigenvalue weighted by molar-refractivity contribution is 9.10. The fourth-order valence-corrected chi connectivity index (χ4v) is 2.86. The van der Waals surface area contributed by atoms with Crippen molar-refractivity contribution in [1.82, 2.24) is 15.0 Å². The molecule has 25 heavy (non-hydrogen) atoms. The molecule has 3 aromatic rings. The number of pyridine rings is 1. The van der Waals surface area contributed by atoms with Crippen molar-refractivity contribution in [2.24, 2.45) is 0 Å². The Balaban J connectivity index is 1.73. The van der Waals surface area contributed by atoms with Gasteiger partial charge in [0, 0.05) is 36.5 Å². The molecule has 0 unspecified atom stereocenters. The molecule has 0 aliphatic carbocycles. The van der Waals surface area contributed by atoms with E-state index in [9.17, 15) is 0 Å². The van der Waals surface area contributed by atoms with Crippen LogP contribution in [0.25, 0.3) is 0 Å². The number of hydrogen-bond donors (Lipinski definition) is 1. The van der Waals surface area contributed by atoms with Gasteiger partial charge in [0.2, 0.25) is 0 Å². The molecular formula is C19H20BrN5. The molecule has 0 spiro atoms. The predicted molar refractivity (Wildman–Crippen MR) is 105 cm³/mol. The Hall–Kier alpha value is -2.47. The van der Waals surface area contributed by atoms with E-state index in [0.29, 0.717) is 0 Å². The van der Waals surface area contributed by atoms with Crippen LogP contribution in [0.5, 0.6) is 0 Å². The molecule has 0 atom stereocenters. The van der Waals surface area contributed by atoms with Crippen molar-refractivity contribution in [3.05, 3.63) is 70.7 Å². The van der Waals surface area contributed by atoms with Crippen LogP contribution in [-0.4, -0.2) is 28.5 Å². The van der Waals surface area contributed by atoms with Crippen LogP contribution in [-0.2, 0) is 6.42 Å². The molecule has 0 saturated carbocycles. The Morgan fingerprint density at radius 1 is 1.08 bits per heavy atom. The monoisotopic (exact) mass is 397 g/mol. The summed E-state index contributed by atoms with van der Waals surface area (Å²) in [6.07, 6.45) is 4.59. The lowest BCUT2D eigenvalue weighted by molar-refractivity contribution is 0.848.